The van der Waals surface area contributed by atoms with E-state index in [1.807, 2.05) is 12.1 Å². The molecule has 0 bridgehead atoms. The first-order valence-electron chi connectivity index (χ1n) is 8.66. The molecule has 1 aliphatic rings. The van der Waals surface area contributed by atoms with Gasteiger partial charge in [0.15, 0.2) is 12.4 Å². The second-order valence-corrected chi connectivity index (χ2v) is 7.33. The molecule has 27 heavy (non-hydrogen) atoms. The number of ether oxygens (including phenoxy) is 3. The van der Waals surface area contributed by atoms with E-state index in [4.69, 9.17) is 9.47 Å². The zero-order valence-corrected chi connectivity index (χ0v) is 15.9. The highest BCUT2D eigenvalue weighted by molar-refractivity contribution is 6.14. The Morgan fingerprint density at radius 3 is 2.44 bits per heavy atom. The van der Waals surface area contributed by atoms with Crippen LogP contribution in [0.3, 0.4) is 0 Å². The number of methoxy groups -OCH3 is 1. The van der Waals surface area contributed by atoms with E-state index in [0.29, 0.717) is 17.1 Å². The fourth-order valence-electron chi connectivity index (χ4n) is 2.69. The number of ketones is 1. The van der Waals surface area contributed by atoms with Gasteiger partial charge in [-0.1, -0.05) is 45.0 Å². The molecule has 0 amide bonds. The van der Waals surface area contributed by atoms with E-state index >= 15 is 0 Å². The second kappa shape index (κ2) is 7.27. The number of rotatable bonds is 4. The van der Waals surface area contributed by atoms with E-state index < -0.39 is 5.97 Å². The molecule has 0 fully saturated rings. The van der Waals surface area contributed by atoms with Crippen molar-refractivity contribution in [3.05, 3.63) is 64.9 Å². The number of carbonyl (C=O) groups excluding carboxylic acids is 2. The molecule has 5 heteroatoms. The Labute approximate surface area is 158 Å². The summed E-state index contributed by atoms with van der Waals surface area (Å²) in [4.78, 5) is 23.7. The molecule has 0 radical (unpaired) electrons. The zero-order valence-electron chi connectivity index (χ0n) is 15.9. The highest BCUT2D eigenvalue weighted by Crippen LogP contribution is 2.35. The number of esters is 1. The summed E-state index contributed by atoms with van der Waals surface area (Å²) in [6.07, 6.45) is 1.73. The summed E-state index contributed by atoms with van der Waals surface area (Å²) in [6.45, 7) is 6.26. The van der Waals surface area contributed by atoms with E-state index in [1.54, 1.807) is 24.3 Å². The molecule has 0 N–H and O–H groups in total. The van der Waals surface area contributed by atoms with Crippen molar-refractivity contribution in [3.63, 3.8) is 0 Å². The summed E-state index contributed by atoms with van der Waals surface area (Å²) in [5.74, 6) is 0.456. The van der Waals surface area contributed by atoms with Gasteiger partial charge in [-0.3, -0.25) is 4.79 Å². The highest BCUT2D eigenvalue weighted by atomic mass is 16.6. The maximum absolute atomic E-state index is 12.5. The number of hydrogen-bond acceptors (Lipinski definition) is 5. The Balaban J connectivity index is 1.77. The molecule has 140 valence electrons. The van der Waals surface area contributed by atoms with Gasteiger partial charge in [-0.2, -0.15) is 0 Å². The lowest BCUT2D eigenvalue weighted by Gasteiger charge is -2.18. The Morgan fingerprint density at radius 2 is 1.81 bits per heavy atom. The molecule has 1 aliphatic heterocycles. The van der Waals surface area contributed by atoms with Crippen LogP contribution in [0.1, 0.15) is 42.3 Å². The van der Waals surface area contributed by atoms with Crippen LogP contribution >= 0.6 is 0 Å². The fraction of sp³-hybridized carbons (Fsp3) is 0.273. The van der Waals surface area contributed by atoms with Gasteiger partial charge in [-0.25, -0.2) is 4.79 Å². The minimum Gasteiger partial charge on any atom is -0.482 e. The standard InChI is InChI=1S/C22H22O5/c1-22(2,3)15-7-5-14(6-8-15)11-19-21(24)17-10-9-16(12-18(17)27-19)26-13-20(23)25-4/h5-12H,13H2,1-4H3/b19-11-. The van der Waals surface area contributed by atoms with Crippen LogP contribution in [0.2, 0.25) is 0 Å². The quantitative estimate of drug-likeness (QED) is 0.601. The number of hydrogen-bond donors (Lipinski definition) is 0. The number of carbonyl (C=O) groups is 2. The zero-order chi connectivity index (χ0) is 19.6. The summed E-state index contributed by atoms with van der Waals surface area (Å²) < 4.78 is 15.6. The first-order chi connectivity index (χ1) is 12.8. The molecule has 2 aromatic carbocycles. The molecule has 0 saturated carbocycles. The van der Waals surface area contributed by atoms with Crippen LogP contribution in [-0.4, -0.2) is 25.5 Å². The van der Waals surface area contributed by atoms with Gasteiger partial charge < -0.3 is 14.2 Å². The summed E-state index contributed by atoms with van der Waals surface area (Å²) >= 11 is 0. The third-order valence-corrected chi connectivity index (χ3v) is 4.30. The maximum Gasteiger partial charge on any atom is 0.343 e. The van der Waals surface area contributed by atoms with Crippen molar-refractivity contribution in [2.75, 3.05) is 13.7 Å². The summed E-state index contributed by atoms with van der Waals surface area (Å²) in [5, 5.41) is 0. The fourth-order valence-corrected chi connectivity index (χ4v) is 2.69. The molecule has 0 unspecified atom stereocenters. The Morgan fingerprint density at radius 1 is 1.11 bits per heavy atom. The van der Waals surface area contributed by atoms with Crippen LogP contribution in [0.25, 0.3) is 6.08 Å². The van der Waals surface area contributed by atoms with E-state index in [0.717, 1.165) is 5.56 Å². The van der Waals surface area contributed by atoms with Gasteiger partial charge in [0.05, 0.1) is 12.7 Å². The van der Waals surface area contributed by atoms with E-state index in [9.17, 15) is 9.59 Å². The summed E-state index contributed by atoms with van der Waals surface area (Å²) in [7, 11) is 1.29. The van der Waals surface area contributed by atoms with Crippen molar-refractivity contribution in [1.29, 1.82) is 0 Å². The topological polar surface area (TPSA) is 61.8 Å². The van der Waals surface area contributed by atoms with Crippen molar-refractivity contribution < 1.29 is 23.8 Å². The molecule has 0 aromatic heterocycles. The third kappa shape index (κ3) is 4.19. The molecule has 3 rings (SSSR count). The van der Waals surface area contributed by atoms with E-state index in [-0.39, 0.29) is 23.6 Å². The average molecular weight is 366 g/mol. The maximum atomic E-state index is 12.5. The molecule has 2 aromatic rings. The molecule has 0 atom stereocenters. The number of benzene rings is 2. The lowest BCUT2D eigenvalue weighted by Crippen LogP contribution is -2.12. The first kappa shape index (κ1) is 18.7. The third-order valence-electron chi connectivity index (χ3n) is 4.30. The number of fused-ring (bicyclic) bond motifs is 1. The van der Waals surface area contributed by atoms with Crippen LogP contribution in [-0.2, 0) is 14.9 Å². The van der Waals surface area contributed by atoms with Gasteiger partial charge in [-0.05, 0) is 34.8 Å². The SMILES string of the molecule is COC(=O)COc1ccc2c(c1)O/C(=C\c1ccc(C(C)(C)C)cc1)C2=O. The lowest BCUT2D eigenvalue weighted by molar-refractivity contribution is -0.142. The molecule has 0 saturated heterocycles. The molecular formula is C22H22O5. The van der Waals surface area contributed by atoms with E-state index in [2.05, 4.69) is 37.6 Å². The minimum absolute atomic E-state index is 0.0716. The summed E-state index contributed by atoms with van der Waals surface area (Å²) in [6, 6.07) is 12.9. The largest absolute Gasteiger partial charge is 0.482 e. The van der Waals surface area contributed by atoms with Crippen molar-refractivity contribution in [2.45, 2.75) is 26.2 Å². The van der Waals surface area contributed by atoms with Crippen LogP contribution < -0.4 is 9.47 Å². The molecular weight excluding hydrogens is 344 g/mol. The smallest absolute Gasteiger partial charge is 0.343 e. The summed E-state index contributed by atoms with van der Waals surface area (Å²) in [5.41, 5.74) is 2.65. The van der Waals surface area contributed by atoms with Crippen LogP contribution in [0.5, 0.6) is 11.5 Å². The molecule has 5 nitrogen and oxygen atoms in total. The van der Waals surface area contributed by atoms with Gasteiger partial charge in [0.25, 0.3) is 0 Å². The minimum atomic E-state index is -0.480. The number of allylic oxidation sites excluding steroid dienone is 1. The van der Waals surface area contributed by atoms with Crippen molar-refractivity contribution in [3.8, 4) is 11.5 Å². The predicted octanol–water partition coefficient (Wildman–Crippen LogP) is 4.15. The first-order valence-corrected chi connectivity index (χ1v) is 8.66. The molecule has 0 spiro atoms. The van der Waals surface area contributed by atoms with Gasteiger partial charge in [0, 0.05) is 6.07 Å². The van der Waals surface area contributed by atoms with Gasteiger partial charge >= 0.3 is 5.97 Å². The van der Waals surface area contributed by atoms with Crippen molar-refractivity contribution in [1.82, 2.24) is 0 Å². The lowest BCUT2D eigenvalue weighted by atomic mass is 9.86. The van der Waals surface area contributed by atoms with Gasteiger partial charge in [0.2, 0.25) is 5.78 Å². The van der Waals surface area contributed by atoms with Gasteiger partial charge in [-0.15, -0.1) is 0 Å². The van der Waals surface area contributed by atoms with Crippen LogP contribution in [0.15, 0.2) is 48.2 Å². The Kier molecular flexibility index (Phi) is 5.04. The molecule has 0 aliphatic carbocycles. The second-order valence-electron chi connectivity index (χ2n) is 7.33. The normalized spacial score (nSPS) is 14.7. The molecule has 1 heterocycles. The predicted molar refractivity (Wildman–Crippen MR) is 102 cm³/mol. The number of Topliss-reactive ketones (excluding diaryl/α,β-unsaturated/α-hetero) is 1. The van der Waals surface area contributed by atoms with E-state index in [1.165, 1.54) is 12.7 Å². The van der Waals surface area contributed by atoms with Crippen LogP contribution in [0, 0.1) is 0 Å². The van der Waals surface area contributed by atoms with Crippen molar-refractivity contribution >= 4 is 17.8 Å². The van der Waals surface area contributed by atoms with Crippen LogP contribution in [0.4, 0.5) is 0 Å². The Bertz CT molecular complexity index is 901. The Hall–Kier alpha value is -3.08. The van der Waals surface area contributed by atoms with Gasteiger partial charge in [0.1, 0.15) is 11.5 Å². The average Bonchev–Trinajstić information content (AvgIpc) is 2.94. The highest BCUT2D eigenvalue weighted by Gasteiger charge is 2.27. The monoisotopic (exact) mass is 366 g/mol. The van der Waals surface area contributed by atoms with Crippen molar-refractivity contribution in [2.24, 2.45) is 0 Å².